The van der Waals surface area contributed by atoms with Gasteiger partial charge in [0.15, 0.2) is 0 Å². The van der Waals surface area contributed by atoms with Gasteiger partial charge in [-0.05, 0) is 32.0 Å². The zero-order valence-corrected chi connectivity index (χ0v) is 13.9. The first-order chi connectivity index (χ1) is 10.8. The second-order valence-electron chi connectivity index (χ2n) is 5.59. The first kappa shape index (κ1) is 18.6. The SMILES string of the molecule is COCCNC(=O)C(C)(C)C(=O)Nc1cccc(NC(C)=O)c1. The van der Waals surface area contributed by atoms with Crippen LogP contribution in [0.15, 0.2) is 24.3 Å². The van der Waals surface area contributed by atoms with E-state index >= 15 is 0 Å². The maximum atomic E-state index is 12.4. The Labute approximate surface area is 135 Å². The normalized spacial score (nSPS) is 10.8. The second kappa shape index (κ2) is 8.28. The molecule has 0 saturated carbocycles. The molecule has 7 nitrogen and oxygen atoms in total. The molecule has 1 rings (SSSR count). The largest absolute Gasteiger partial charge is 0.383 e. The number of anilines is 2. The molecule has 0 saturated heterocycles. The van der Waals surface area contributed by atoms with Crippen molar-refractivity contribution in [1.29, 1.82) is 0 Å². The van der Waals surface area contributed by atoms with Gasteiger partial charge in [0.05, 0.1) is 6.61 Å². The molecule has 0 atom stereocenters. The van der Waals surface area contributed by atoms with Crippen molar-refractivity contribution in [3.63, 3.8) is 0 Å². The number of nitrogens with one attached hydrogen (secondary N) is 3. The monoisotopic (exact) mass is 321 g/mol. The van der Waals surface area contributed by atoms with E-state index in [4.69, 9.17) is 4.74 Å². The summed E-state index contributed by atoms with van der Waals surface area (Å²) in [5, 5.41) is 7.96. The van der Waals surface area contributed by atoms with Crippen LogP contribution in [0, 0.1) is 5.41 Å². The van der Waals surface area contributed by atoms with Crippen LogP contribution in [0.3, 0.4) is 0 Å². The van der Waals surface area contributed by atoms with E-state index in [0.29, 0.717) is 24.5 Å². The number of ether oxygens (including phenoxy) is 1. The van der Waals surface area contributed by atoms with Gasteiger partial charge in [-0.3, -0.25) is 14.4 Å². The zero-order chi connectivity index (χ0) is 17.5. The van der Waals surface area contributed by atoms with Crippen LogP contribution in [-0.4, -0.2) is 38.0 Å². The number of carbonyl (C=O) groups excluding carboxylic acids is 3. The van der Waals surface area contributed by atoms with E-state index in [2.05, 4.69) is 16.0 Å². The van der Waals surface area contributed by atoms with E-state index in [9.17, 15) is 14.4 Å². The van der Waals surface area contributed by atoms with E-state index < -0.39 is 11.3 Å². The lowest BCUT2D eigenvalue weighted by atomic mass is 9.91. The first-order valence-corrected chi connectivity index (χ1v) is 7.23. The Bertz CT molecular complexity index is 584. The summed E-state index contributed by atoms with van der Waals surface area (Å²) < 4.78 is 4.86. The molecule has 23 heavy (non-hydrogen) atoms. The Kier molecular flexibility index (Phi) is 6.71. The number of hydrogen-bond acceptors (Lipinski definition) is 4. The summed E-state index contributed by atoms with van der Waals surface area (Å²) in [5.74, 6) is -1.02. The van der Waals surface area contributed by atoms with Crippen molar-refractivity contribution in [1.82, 2.24) is 5.32 Å². The highest BCUT2D eigenvalue weighted by molar-refractivity contribution is 6.10. The van der Waals surface area contributed by atoms with Crippen LogP contribution in [0.25, 0.3) is 0 Å². The topological polar surface area (TPSA) is 96.5 Å². The molecule has 3 amide bonds. The molecule has 0 aliphatic rings. The molecule has 0 radical (unpaired) electrons. The van der Waals surface area contributed by atoms with Gasteiger partial charge in [0, 0.05) is 32.0 Å². The third-order valence-electron chi connectivity index (χ3n) is 3.17. The highest BCUT2D eigenvalue weighted by atomic mass is 16.5. The van der Waals surface area contributed by atoms with E-state index in [1.54, 1.807) is 38.1 Å². The van der Waals surface area contributed by atoms with Gasteiger partial charge in [-0.1, -0.05) is 6.07 Å². The number of benzene rings is 1. The summed E-state index contributed by atoms with van der Waals surface area (Å²) >= 11 is 0. The Hall–Kier alpha value is -2.41. The highest BCUT2D eigenvalue weighted by Crippen LogP contribution is 2.21. The van der Waals surface area contributed by atoms with Crippen molar-refractivity contribution < 1.29 is 19.1 Å². The maximum absolute atomic E-state index is 12.4. The fourth-order valence-corrected chi connectivity index (χ4v) is 1.76. The maximum Gasteiger partial charge on any atom is 0.239 e. The van der Waals surface area contributed by atoms with Crippen LogP contribution in [0.4, 0.5) is 11.4 Å². The zero-order valence-electron chi connectivity index (χ0n) is 13.9. The number of rotatable bonds is 7. The molecule has 0 unspecified atom stereocenters. The number of hydrogen-bond donors (Lipinski definition) is 3. The molecule has 3 N–H and O–H groups in total. The van der Waals surface area contributed by atoms with Gasteiger partial charge < -0.3 is 20.7 Å². The fourth-order valence-electron chi connectivity index (χ4n) is 1.76. The smallest absolute Gasteiger partial charge is 0.239 e. The molecule has 0 bridgehead atoms. The summed E-state index contributed by atoms with van der Waals surface area (Å²) in [6, 6.07) is 6.71. The van der Waals surface area contributed by atoms with Gasteiger partial charge in [-0.2, -0.15) is 0 Å². The predicted octanol–water partition coefficient (Wildman–Crippen LogP) is 1.37. The number of amides is 3. The molecule has 0 spiro atoms. The van der Waals surface area contributed by atoms with Gasteiger partial charge in [0.2, 0.25) is 17.7 Å². The van der Waals surface area contributed by atoms with Crippen LogP contribution in [-0.2, 0) is 19.1 Å². The molecule has 0 heterocycles. The lowest BCUT2D eigenvalue weighted by molar-refractivity contribution is -0.138. The molecule has 7 heteroatoms. The third-order valence-corrected chi connectivity index (χ3v) is 3.17. The van der Waals surface area contributed by atoms with Gasteiger partial charge in [0.25, 0.3) is 0 Å². The van der Waals surface area contributed by atoms with E-state index in [-0.39, 0.29) is 11.8 Å². The molecule has 1 aromatic carbocycles. The summed E-state index contributed by atoms with van der Waals surface area (Å²) in [5.41, 5.74) is -0.172. The van der Waals surface area contributed by atoms with Crippen LogP contribution < -0.4 is 16.0 Å². The Balaban J connectivity index is 2.73. The summed E-state index contributed by atoms with van der Waals surface area (Å²) in [4.78, 5) is 35.5. The molecule has 1 aromatic rings. The van der Waals surface area contributed by atoms with Crippen molar-refractivity contribution in [3.8, 4) is 0 Å². The quantitative estimate of drug-likeness (QED) is 0.522. The lowest BCUT2D eigenvalue weighted by Crippen LogP contribution is -2.45. The molecule has 0 aliphatic carbocycles. The summed E-state index contributed by atoms with van der Waals surface area (Å²) in [6.07, 6.45) is 0. The minimum atomic E-state index is -1.24. The molecule has 0 aliphatic heterocycles. The lowest BCUT2D eigenvalue weighted by Gasteiger charge is -2.22. The van der Waals surface area contributed by atoms with E-state index in [1.165, 1.54) is 14.0 Å². The van der Waals surface area contributed by atoms with Crippen LogP contribution in [0.1, 0.15) is 20.8 Å². The average molecular weight is 321 g/mol. The van der Waals surface area contributed by atoms with E-state index in [1.807, 2.05) is 0 Å². The third kappa shape index (κ3) is 5.71. The van der Waals surface area contributed by atoms with Crippen molar-refractivity contribution in [2.75, 3.05) is 30.9 Å². The molecule has 126 valence electrons. The van der Waals surface area contributed by atoms with E-state index in [0.717, 1.165) is 0 Å². The van der Waals surface area contributed by atoms with Gasteiger partial charge in [-0.15, -0.1) is 0 Å². The van der Waals surface area contributed by atoms with Crippen LogP contribution in [0.2, 0.25) is 0 Å². The minimum Gasteiger partial charge on any atom is -0.383 e. The number of carbonyl (C=O) groups is 3. The molecule has 0 fully saturated rings. The Morgan fingerprint density at radius 1 is 1.09 bits per heavy atom. The molecule has 0 aromatic heterocycles. The van der Waals surface area contributed by atoms with Gasteiger partial charge >= 0.3 is 0 Å². The highest BCUT2D eigenvalue weighted by Gasteiger charge is 2.35. The van der Waals surface area contributed by atoms with Gasteiger partial charge in [0.1, 0.15) is 5.41 Å². The standard InChI is InChI=1S/C16H23N3O4/c1-11(20)18-12-6-5-7-13(10-12)19-15(22)16(2,3)14(21)17-8-9-23-4/h5-7,10H,8-9H2,1-4H3,(H,17,21)(H,18,20)(H,19,22). The molecular formula is C16H23N3O4. The fraction of sp³-hybridized carbons (Fsp3) is 0.438. The van der Waals surface area contributed by atoms with Crippen molar-refractivity contribution in [3.05, 3.63) is 24.3 Å². The molecular weight excluding hydrogens is 298 g/mol. The Morgan fingerprint density at radius 3 is 2.26 bits per heavy atom. The minimum absolute atomic E-state index is 0.202. The van der Waals surface area contributed by atoms with Crippen LogP contribution in [0.5, 0.6) is 0 Å². The second-order valence-corrected chi connectivity index (χ2v) is 5.59. The Morgan fingerprint density at radius 2 is 1.70 bits per heavy atom. The predicted molar refractivity (Wildman–Crippen MR) is 88.0 cm³/mol. The average Bonchev–Trinajstić information content (AvgIpc) is 2.46. The van der Waals surface area contributed by atoms with Crippen LogP contribution >= 0.6 is 0 Å². The summed E-state index contributed by atoms with van der Waals surface area (Å²) in [7, 11) is 1.53. The first-order valence-electron chi connectivity index (χ1n) is 7.23. The van der Waals surface area contributed by atoms with Crippen molar-refractivity contribution >= 4 is 29.1 Å². The van der Waals surface area contributed by atoms with Crippen molar-refractivity contribution in [2.45, 2.75) is 20.8 Å². The summed E-state index contributed by atoms with van der Waals surface area (Å²) in [6.45, 7) is 5.20. The van der Waals surface area contributed by atoms with Crippen molar-refractivity contribution in [2.24, 2.45) is 5.41 Å². The van der Waals surface area contributed by atoms with Gasteiger partial charge in [-0.25, -0.2) is 0 Å². The number of methoxy groups -OCH3 is 1.